The molecule has 0 heterocycles. The number of anilines is 1. The lowest BCUT2D eigenvalue weighted by Crippen LogP contribution is -2.11. The molecule has 0 saturated heterocycles. The van der Waals surface area contributed by atoms with Crippen molar-refractivity contribution in [1.29, 1.82) is 0 Å². The predicted octanol–water partition coefficient (Wildman–Crippen LogP) is 4.31. The average Bonchev–Trinajstić information content (AvgIpc) is 2.28. The fourth-order valence-electron chi connectivity index (χ4n) is 1.65. The largest absolute Gasteiger partial charge is 0.497 e. The number of hydrogen-bond donors (Lipinski definition) is 1. The van der Waals surface area contributed by atoms with Gasteiger partial charge in [-0.05, 0) is 40.4 Å². The molecule has 1 aromatic rings. The Kier molecular flexibility index (Phi) is 5.67. The van der Waals surface area contributed by atoms with Crippen LogP contribution in [0.15, 0.2) is 22.7 Å². The molecule has 3 heteroatoms. The van der Waals surface area contributed by atoms with Crippen molar-refractivity contribution in [2.24, 2.45) is 5.92 Å². The lowest BCUT2D eigenvalue weighted by molar-refractivity contribution is 0.415. The van der Waals surface area contributed by atoms with Gasteiger partial charge in [0, 0.05) is 17.1 Å². The summed E-state index contributed by atoms with van der Waals surface area (Å²) in [6.07, 6.45) is 2.50. The number of rotatable bonds is 6. The summed E-state index contributed by atoms with van der Waals surface area (Å²) in [7, 11) is 1.69. The fraction of sp³-hybridized carbons (Fsp3) is 0.538. The number of halogens is 1. The van der Waals surface area contributed by atoms with Crippen molar-refractivity contribution < 1.29 is 4.74 Å². The Morgan fingerprint density at radius 1 is 1.44 bits per heavy atom. The van der Waals surface area contributed by atoms with Crippen molar-refractivity contribution in [3.05, 3.63) is 22.7 Å². The average molecular weight is 286 g/mol. The van der Waals surface area contributed by atoms with Crippen LogP contribution in [0.1, 0.15) is 26.7 Å². The van der Waals surface area contributed by atoms with Gasteiger partial charge in [0.1, 0.15) is 5.75 Å². The molecule has 2 nitrogen and oxygen atoms in total. The lowest BCUT2D eigenvalue weighted by Gasteiger charge is -2.14. The van der Waals surface area contributed by atoms with Crippen LogP contribution in [0.3, 0.4) is 0 Å². The van der Waals surface area contributed by atoms with Crippen molar-refractivity contribution in [3.63, 3.8) is 0 Å². The molecule has 1 aromatic carbocycles. The Labute approximate surface area is 107 Å². The van der Waals surface area contributed by atoms with Crippen LogP contribution in [0.5, 0.6) is 5.75 Å². The minimum atomic E-state index is 0.697. The van der Waals surface area contributed by atoms with E-state index in [1.54, 1.807) is 7.11 Å². The molecule has 0 amide bonds. The van der Waals surface area contributed by atoms with Crippen LogP contribution in [0.2, 0.25) is 0 Å². The van der Waals surface area contributed by atoms with Crippen LogP contribution in [0.25, 0.3) is 0 Å². The van der Waals surface area contributed by atoms with E-state index in [1.807, 2.05) is 18.2 Å². The van der Waals surface area contributed by atoms with Gasteiger partial charge in [-0.1, -0.05) is 20.3 Å². The topological polar surface area (TPSA) is 21.3 Å². The van der Waals surface area contributed by atoms with Crippen LogP contribution in [-0.2, 0) is 0 Å². The molecular weight excluding hydrogens is 266 g/mol. The van der Waals surface area contributed by atoms with Crippen LogP contribution in [0.4, 0.5) is 5.69 Å². The van der Waals surface area contributed by atoms with Crippen molar-refractivity contribution in [2.75, 3.05) is 19.0 Å². The van der Waals surface area contributed by atoms with Gasteiger partial charge in [0.2, 0.25) is 0 Å². The zero-order valence-corrected chi connectivity index (χ0v) is 11.8. The Balaban J connectivity index is 2.58. The lowest BCUT2D eigenvalue weighted by atomic mass is 10.1. The first-order valence-corrected chi connectivity index (χ1v) is 6.54. The Morgan fingerprint density at radius 2 is 2.19 bits per heavy atom. The third kappa shape index (κ3) is 4.05. The molecule has 1 rings (SSSR count). The first-order chi connectivity index (χ1) is 7.67. The summed E-state index contributed by atoms with van der Waals surface area (Å²) in [6.45, 7) is 5.49. The van der Waals surface area contributed by atoms with Crippen molar-refractivity contribution in [2.45, 2.75) is 26.7 Å². The van der Waals surface area contributed by atoms with Gasteiger partial charge in [-0.3, -0.25) is 0 Å². The second kappa shape index (κ2) is 6.79. The van der Waals surface area contributed by atoms with E-state index >= 15 is 0 Å². The SMILES string of the molecule is CCCC(C)CNc1cc(OC)ccc1Br. The van der Waals surface area contributed by atoms with E-state index in [0.717, 1.165) is 22.5 Å². The van der Waals surface area contributed by atoms with Gasteiger partial charge >= 0.3 is 0 Å². The molecule has 0 aromatic heterocycles. The summed E-state index contributed by atoms with van der Waals surface area (Å²) < 4.78 is 6.28. The molecule has 0 bridgehead atoms. The van der Waals surface area contributed by atoms with Gasteiger partial charge < -0.3 is 10.1 Å². The molecule has 1 N–H and O–H groups in total. The number of nitrogens with one attached hydrogen (secondary N) is 1. The zero-order chi connectivity index (χ0) is 12.0. The number of benzene rings is 1. The summed E-state index contributed by atoms with van der Waals surface area (Å²) in [4.78, 5) is 0. The van der Waals surface area contributed by atoms with Gasteiger partial charge in [0.05, 0.1) is 12.8 Å². The summed E-state index contributed by atoms with van der Waals surface area (Å²) in [5, 5.41) is 3.45. The monoisotopic (exact) mass is 285 g/mol. The molecule has 90 valence electrons. The molecule has 0 radical (unpaired) electrons. The Bertz CT molecular complexity index is 328. The first-order valence-electron chi connectivity index (χ1n) is 5.74. The number of hydrogen-bond acceptors (Lipinski definition) is 2. The van der Waals surface area contributed by atoms with Crippen LogP contribution < -0.4 is 10.1 Å². The zero-order valence-electron chi connectivity index (χ0n) is 10.2. The third-order valence-corrected chi connectivity index (χ3v) is 3.29. The van der Waals surface area contributed by atoms with E-state index in [1.165, 1.54) is 12.8 Å². The van der Waals surface area contributed by atoms with Crippen LogP contribution in [0, 0.1) is 5.92 Å². The van der Waals surface area contributed by atoms with E-state index in [-0.39, 0.29) is 0 Å². The van der Waals surface area contributed by atoms with Crippen molar-refractivity contribution in [3.8, 4) is 5.75 Å². The second-order valence-electron chi connectivity index (χ2n) is 4.12. The number of ether oxygens (including phenoxy) is 1. The maximum atomic E-state index is 5.20. The van der Waals surface area contributed by atoms with Gasteiger partial charge in [0.25, 0.3) is 0 Å². The van der Waals surface area contributed by atoms with Crippen LogP contribution in [-0.4, -0.2) is 13.7 Å². The molecular formula is C13H20BrNO. The Hall–Kier alpha value is -0.700. The molecule has 0 aliphatic heterocycles. The maximum absolute atomic E-state index is 5.20. The highest BCUT2D eigenvalue weighted by Gasteiger charge is 2.04. The standard InChI is InChI=1S/C13H20BrNO/c1-4-5-10(2)9-15-13-8-11(16-3)6-7-12(13)14/h6-8,10,15H,4-5,9H2,1-3H3. The summed E-state index contributed by atoms with van der Waals surface area (Å²) in [6, 6.07) is 5.97. The Morgan fingerprint density at radius 3 is 2.81 bits per heavy atom. The van der Waals surface area contributed by atoms with Gasteiger partial charge in [-0.2, -0.15) is 0 Å². The minimum absolute atomic E-state index is 0.697. The van der Waals surface area contributed by atoms with Gasteiger partial charge in [0.15, 0.2) is 0 Å². The maximum Gasteiger partial charge on any atom is 0.121 e. The third-order valence-electron chi connectivity index (χ3n) is 2.60. The van der Waals surface area contributed by atoms with E-state index in [9.17, 15) is 0 Å². The summed E-state index contributed by atoms with van der Waals surface area (Å²) in [5.41, 5.74) is 1.10. The number of methoxy groups -OCH3 is 1. The highest BCUT2D eigenvalue weighted by atomic mass is 79.9. The van der Waals surface area contributed by atoms with E-state index < -0.39 is 0 Å². The first kappa shape index (κ1) is 13.4. The minimum Gasteiger partial charge on any atom is -0.497 e. The fourth-order valence-corrected chi connectivity index (χ4v) is 2.03. The van der Waals surface area contributed by atoms with E-state index in [2.05, 4.69) is 35.1 Å². The van der Waals surface area contributed by atoms with Crippen molar-refractivity contribution in [1.82, 2.24) is 0 Å². The summed E-state index contributed by atoms with van der Waals surface area (Å²) in [5.74, 6) is 1.58. The van der Waals surface area contributed by atoms with E-state index in [0.29, 0.717) is 5.92 Å². The van der Waals surface area contributed by atoms with E-state index in [4.69, 9.17) is 4.74 Å². The molecule has 0 fully saturated rings. The molecule has 0 aliphatic carbocycles. The quantitative estimate of drug-likeness (QED) is 0.841. The van der Waals surface area contributed by atoms with Crippen LogP contribution >= 0.6 is 15.9 Å². The molecule has 0 spiro atoms. The second-order valence-corrected chi connectivity index (χ2v) is 4.97. The highest BCUT2D eigenvalue weighted by molar-refractivity contribution is 9.10. The van der Waals surface area contributed by atoms with Gasteiger partial charge in [-0.15, -0.1) is 0 Å². The normalized spacial score (nSPS) is 12.2. The predicted molar refractivity (Wildman–Crippen MR) is 73.3 cm³/mol. The molecule has 1 unspecified atom stereocenters. The van der Waals surface area contributed by atoms with Gasteiger partial charge in [-0.25, -0.2) is 0 Å². The smallest absolute Gasteiger partial charge is 0.121 e. The molecule has 0 saturated carbocycles. The van der Waals surface area contributed by atoms with Crippen molar-refractivity contribution >= 4 is 21.6 Å². The molecule has 16 heavy (non-hydrogen) atoms. The molecule has 1 atom stereocenters. The molecule has 0 aliphatic rings. The summed E-state index contributed by atoms with van der Waals surface area (Å²) >= 11 is 3.53. The highest BCUT2D eigenvalue weighted by Crippen LogP contribution is 2.27.